The quantitative estimate of drug-likeness (QED) is 0.159. The van der Waals surface area contributed by atoms with Crippen LogP contribution >= 0.6 is 0 Å². The Balaban J connectivity index is 1.34. The van der Waals surface area contributed by atoms with Crippen molar-refractivity contribution in [2.24, 2.45) is 0 Å². The first-order valence-corrected chi connectivity index (χ1v) is 14.2. The van der Waals surface area contributed by atoms with Gasteiger partial charge in [-0.05, 0) is 12.8 Å². The molecule has 0 unspecified atom stereocenters. The van der Waals surface area contributed by atoms with E-state index in [-0.39, 0.29) is 29.4 Å². The van der Waals surface area contributed by atoms with Crippen molar-refractivity contribution in [1.29, 1.82) is 0 Å². The van der Waals surface area contributed by atoms with E-state index in [9.17, 15) is 28.2 Å². The summed E-state index contributed by atoms with van der Waals surface area (Å²) in [6, 6.07) is 0. The molecule has 1 fully saturated rings. The SMILES string of the molecule is COC(=O)CCCCCCCCCCC(=O)NS(=O)(=O)OC[C@H]1O[C@@H](n2cnc3c(N)ncnc32)[C@H](O)[C@@H]1O. The molecule has 39 heavy (non-hydrogen) atoms. The summed E-state index contributed by atoms with van der Waals surface area (Å²) in [4.78, 5) is 35.1. The number of nitrogen functional groups attached to an aromatic ring is 1. The van der Waals surface area contributed by atoms with Crippen LogP contribution in [0.4, 0.5) is 5.82 Å². The van der Waals surface area contributed by atoms with Crippen LogP contribution in [0, 0.1) is 0 Å². The topological polar surface area (TPSA) is 218 Å². The van der Waals surface area contributed by atoms with Crippen LogP contribution in [0.5, 0.6) is 0 Å². The Morgan fingerprint density at radius 2 is 1.67 bits per heavy atom. The van der Waals surface area contributed by atoms with Crippen molar-refractivity contribution in [2.45, 2.75) is 88.7 Å². The summed E-state index contributed by atoms with van der Waals surface area (Å²) >= 11 is 0. The fourth-order valence-corrected chi connectivity index (χ4v) is 5.00. The highest BCUT2D eigenvalue weighted by atomic mass is 32.2. The lowest BCUT2D eigenvalue weighted by atomic mass is 10.1. The van der Waals surface area contributed by atoms with Gasteiger partial charge in [-0.2, -0.15) is 8.42 Å². The molecule has 0 saturated carbocycles. The maximum atomic E-state index is 12.2. The second-order valence-corrected chi connectivity index (χ2v) is 10.6. The maximum absolute atomic E-state index is 12.2. The molecule has 0 radical (unpaired) electrons. The minimum Gasteiger partial charge on any atom is -0.469 e. The largest absolute Gasteiger partial charge is 0.469 e. The van der Waals surface area contributed by atoms with Crippen LogP contribution in [0.2, 0.25) is 0 Å². The number of imidazole rings is 1. The van der Waals surface area contributed by atoms with Crippen LogP contribution in [-0.2, 0) is 33.6 Å². The third-order valence-corrected chi connectivity index (χ3v) is 7.31. The van der Waals surface area contributed by atoms with Crippen LogP contribution < -0.4 is 10.5 Å². The molecular weight excluding hydrogens is 536 g/mol. The summed E-state index contributed by atoms with van der Waals surface area (Å²) in [6.07, 6.45) is 4.72. The third-order valence-electron chi connectivity index (χ3n) is 6.39. The Kier molecular flexibility index (Phi) is 11.4. The van der Waals surface area contributed by atoms with Crippen molar-refractivity contribution in [3.8, 4) is 0 Å². The van der Waals surface area contributed by atoms with Crippen molar-refractivity contribution < 1.29 is 41.9 Å². The minimum absolute atomic E-state index is 0.0176. The number of hydrogen-bond acceptors (Lipinski definition) is 13. The lowest BCUT2D eigenvalue weighted by Gasteiger charge is -2.16. The van der Waals surface area contributed by atoms with Crippen molar-refractivity contribution in [2.75, 3.05) is 19.5 Å². The highest BCUT2D eigenvalue weighted by Crippen LogP contribution is 2.32. The van der Waals surface area contributed by atoms with Gasteiger partial charge in [-0.3, -0.25) is 18.3 Å². The Labute approximate surface area is 226 Å². The lowest BCUT2D eigenvalue weighted by Crippen LogP contribution is -2.37. The second-order valence-electron chi connectivity index (χ2n) is 9.30. The van der Waals surface area contributed by atoms with E-state index in [1.165, 1.54) is 24.3 Å². The third kappa shape index (κ3) is 8.79. The first kappa shape index (κ1) is 30.6. The van der Waals surface area contributed by atoms with Crippen molar-refractivity contribution in [3.63, 3.8) is 0 Å². The normalized spacial score (nSPS) is 21.3. The van der Waals surface area contributed by atoms with E-state index in [2.05, 4.69) is 19.7 Å². The van der Waals surface area contributed by atoms with Gasteiger partial charge in [0.15, 0.2) is 17.7 Å². The number of fused-ring (bicyclic) bond motifs is 1. The van der Waals surface area contributed by atoms with Gasteiger partial charge in [0.2, 0.25) is 5.91 Å². The molecule has 1 saturated heterocycles. The van der Waals surface area contributed by atoms with E-state index in [1.807, 2.05) is 4.72 Å². The molecule has 15 nitrogen and oxygen atoms in total. The van der Waals surface area contributed by atoms with Crippen LogP contribution in [-0.4, -0.2) is 82.1 Å². The lowest BCUT2D eigenvalue weighted by molar-refractivity contribution is -0.140. The molecule has 2 aromatic rings. The number of carbonyl (C=O) groups excluding carboxylic acids is 2. The van der Waals surface area contributed by atoms with Gasteiger partial charge >= 0.3 is 16.3 Å². The van der Waals surface area contributed by atoms with Gasteiger partial charge < -0.3 is 25.4 Å². The van der Waals surface area contributed by atoms with E-state index >= 15 is 0 Å². The van der Waals surface area contributed by atoms with Gasteiger partial charge in [-0.25, -0.2) is 19.7 Å². The fourth-order valence-electron chi connectivity index (χ4n) is 4.25. The standard InChI is InChI=1S/C23H36N6O9S/c1-36-17(31)11-9-7-5-3-2-4-6-8-10-16(30)28-39(34,35)37-12-15-19(32)20(33)23(38-15)29-14-27-18-21(24)25-13-26-22(18)29/h13-15,19-20,23,32-33H,2-12H2,1H3,(H,28,30)(H2,24,25,26)/t15-,19-,20-,23-/m1/s1. The van der Waals surface area contributed by atoms with Gasteiger partial charge in [-0.1, -0.05) is 38.5 Å². The predicted octanol–water partition coefficient (Wildman–Crippen LogP) is 0.479. The number of nitrogens with zero attached hydrogens (tertiary/aromatic N) is 4. The van der Waals surface area contributed by atoms with Gasteiger partial charge in [-0.15, -0.1) is 0 Å². The Bertz CT molecular complexity index is 1210. The number of rotatable bonds is 16. The predicted molar refractivity (Wildman–Crippen MR) is 137 cm³/mol. The molecule has 0 bridgehead atoms. The smallest absolute Gasteiger partial charge is 0.362 e. The second kappa shape index (κ2) is 14.5. The number of methoxy groups -OCH3 is 1. The summed E-state index contributed by atoms with van der Waals surface area (Å²) in [5.41, 5.74) is 6.30. The van der Waals surface area contributed by atoms with Crippen LogP contribution in [0.15, 0.2) is 12.7 Å². The zero-order valence-electron chi connectivity index (χ0n) is 21.8. The Morgan fingerprint density at radius 3 is 2.33 bits per heavy atom. The molecule has 1 aliphatic rings. The first-order chi connectivity index (χ1) is 18.6. The van der Waals surface area contributed by atoms with E-state index in [1.54, 1.807) is 0 Å². The van der Waals surface area contributed by atoms with Gasteiger partial charge in [0.05, 0.1) is 20.0 Å². The first-order valence-electron chi connectivity index (χ1n) is 12.8. The molecular formula is C23H36N6O9S. The van der Waals surface area contributed by atoms with Crippen molar-refractivity contribution >= 4 is 39.2 Å². The van der Waals surface area contributed by atoms with Gasteiger partial charge in [0.25, 0.3) is 0 Å². The number of aromatic nitrogens is 4. The molecule has 0 spiro atoms. The molecule has 218 valence electrons. The summed E-state index contributed by atoms with van der Waals surface area (Å²) in [5, 5.41) is 20.8. The van der Waals surface area contributed by atoms with E-state index in [4.69, 9.17) is 14.7 Å². The molecule has 1 aliphatic heterocycles. The molecule has 5 N–H and O–H groups in total. The summed E-state index contributed by atoms with van der Waals surface area (Å²) in [7, 11) is -3.07. The summed E-state index contributed by atoms with van der Waals surface area (Å²) in [6.45, 7) is -0.638. The number of hydrogen-bond donors (Lipinski definition) is 4. The molecule has 2 aromatic heterocycles. The number of anilines is 1. The summed E-state index contributed by atoms with van der Waals surface area (Å²) < 4.78 is 42.7. The highest BCUT2D eigenvalue weighted by molar-refractivity contribution is 7.85. The van der Waals surface area contributed by atoms with E-state index in [0.717, 1.165) is 44.9 Å². The molecule has 3 rings (SSSR count). The van der Waals surface area contributed by atoms with Crippen LogP contribution in [0.3, 0.4) is 0 Å². The van der Waals surface area contributed by atoms with Crippen molar-refractivity contribution in [3.05, 3.63) is 12.7 Å². The number of nitrogens with two attached hydrogens (primary N) is 1. The Morgan fingerprint density at radius 1 is 1.03 bits per heavy atom. The van der Waals surface area contributed by atoms with Gasteiger partial charge in [0, 0.05) is 12.8 Å². The molecule has 1 amide bonds. The number of aliphatic hydroxyl groups is 2. The summed E-state index contributed by atoms with van der Waals surface area (Å²) in [5.74, 6) is -0.775. The number of unbranched alkanes of at least 4 members (excludes halogenated alkanes) is 7. The zero-order chi connectivity index (χ0) is 28.4. The van der Waals surface area contributed by atoms with Crippen molar-refractivity contribution in [1.82, 2.24) is 24.2 Å². The minimum atomic E-state index is -4.45. The molecule has 16 heteroatoms. The zero-order valence-corrected chi connectivity index (χ0v) is 22.6. The van der Waals surface area contributed by atoms with Crippen LogP contribution in [0.25, 0.3) is 11.2 Å². The Hall–Kier alpha value is -2.92. The average Bonchev–Trinajstić information content (AvgIpc) is 3.45. The number of aliphatic hydroxyl groups excluding tert-OH is 2. The van der Waals surface area contributed by atoms with E-state index in [0.29, 0.717) is 12.8 Å². The average molecular weight is 573 g/mol. The maximum Gasteiger partial charge on any atom is 0.362 e. The van der Waals surface area contributed by atoms with E-state index < -0.39 is 47.4 Å². The monoisotopic (exact) mass is 572 g/mol. The molecule has 0 aromatic carbocycles. The highest BCUT2D eigenvalue weighted by Gasteiger charge is 2.45. The fraction of sp³-hybridized carbons (Fsp3) is 0.696. The van der Waals surface area contributed by atoms with Crippen LogP contribution in [0.1, 0.15) is 70.4 Å². The molecule has 0 aliphatic carbocycles. The molecule has 4 atom stereocenters. The van der Waals surface area contributed by atoms with Gasteiger partial charge in [0.1, 0.15) is 30.2 Å². The number of carbonyl (C=O) groups is 2. The number of esters is 1. The number of amides is 1. The number of nitrogens with one attached hydrogen (secondary N) is 1. The molecule has 3 heterocycles. The number of ether oxygens (including phenoxy) is 2.